The van der Waals surface area contributed by atoms with E-state index in [1.165, 1.54) is 0 Å². The Hall–Kier alpha value is -3.97. The van der Waals surface area contributed by atoms with Crippen LogP contribution in [-0.4, -0.2) is 59.0 Å². The molecule has 3 aromatic rings. The highest BCUT2D eigenvalue weighted by Crippen LogP contribution is 2.38. The van der Waals surface area contributed by atoms with Crippen molar-refractivity contribution in [1.29, 1.82) is 0 Å². The second-order valence-electron chi connectivity index (χ2n) is 9.68. The van der Waals surface area contributed by atoms with Gasteiger partial charge in [-0.05, 0) is 36.8 Å². The molecule has 37 heavy (non-hydrogen) atoms. The van der Waals surface area contributed by atoms with Gasteiger partial charge in [0, 0.05) is 43.6 Å². The first-order valence-electron chi connectivity index (χ1n) is 12.7. The lowest BCUT2D eigenvalue weighted by Crippen LogP contribution is -2.59. The smallest absolute Gasteiger partial charge is 0.256 e. The number of likely N-dealkylation sites (tertiary alicyclic amines) is 1. The van der Waals surface area contributed by atoms with Crippen LogP contribution in [-0.2, 0) is 16.1 Å². The predicted octanol–water partition coefficient (Wildman–Crippen LogP) is 3.78. The summed E-state index contributed by atoms with van der Waals surface area (Å²) in [7, 11) is 0. The van der Waals surface area contributed by atoms with Gasteiger partial charge in [0.05, 0.1) is 6.61 Å². The molecule has 3 aromatic carbocycles. The molecular formula is C30H31N3O4. The summed E-state index contributed by atoms with van der Waals surface area (Å²) in [6, 6.07) is 25.4. The molecule has 2 fully saturated rings. The van der Waals surface area contributed by atoms with E-state index in [1.54, 1.807) is 21.9 Å². The molecular weight excluding hydrogens is 466 g/mol. The van der Waals surface area contributed by atoms with E-state index in [0.29, 0.717) is 43.6 Å². The van der Waals surface area contributed by atoms with Crippen LogP contribution < -0.4 is 5.32 Å². The highest BCUT2D eigenvalue weighted by molar-refractivity contribution is 5.98. The Balaban J connectivity index is 1.34. The van der Waals surface area contributed by atoms with Gasteiger partial charge in [-0.15, -0.1) is 0 Å². The molecule has 2 aliphatic rings. The van der Waals surface area contributed by atoms with E-state index in [9.17, 15) is 14.4 Å². The number of amides is 3. The van der Waals surface area contributed by atoms with Crippen LogP contribution in [0, 0.1) is 6.92 Å². The molecule has 0 bridgehead atoms. The standard InChI is InChI=1S/C30H31N3O4/c1-22-12-14-25(15-13-22)28(35)32-18-16-30(17-19-32)33(29(36)24-10-6-3-7-11-24)26(21-37-30)27(34)31-20-23-8-4-2-5-9-23/h2-15,26H,16-21H2,1H3,(H,31,34). The molecule has 0 aromatic heterocycles. The number of hydrogen-bond donors (Lipinski definition) is 1. The van der Waals surface area contributed by atoms with E-state index in [4.69, 9.17) is 4.74 Å². The average Bonchev–Trinajstić information content (AvgIpc) is 3.31. The third kappa shape index (κ3) is 5.13. The third-order valence-corrected chi connectivity index (χ3v) is 7.24. The molecule has 2 aliphatic heterocycles. The van der Waals surface area contributed by atoms with Crippen LogP contribution in [0.25, 0.3) is 0 Å². The second-order valence-corrected chi connectivity index (χ2v) is 9.68. The van der Waals surface area contributed by atoms with E-state index in [2.05, 4.69) is 5.32 Å². The van der Waals surface area contributed by atoms with Crippen LogP contribution in [0.3, 0.4) is 0 Å². The minimum atomic E-state index is -0.939. The van der Waals surface area contributed by atoms with Gasteiger partial charge in [0.25, 0.3) is 11.8 Å². The van der Waals surface area contributed by atoms with Crippen molar-refractivity contribution in [3.05, 3.63) is 107 Å². The zero-order valence-corrected chi connectivity index (χ0v) is 20.9. The summed E-state index contributed by atoms with van der Waals surface area (Å²) >= 11 is 0. The number of carbonyl (C=O) groups is 3. The molecule has 1 atom stereocenters. The molecule has 1 unspecified atom stereocenters. The number of benzene rings is 3. The van der Waals surface area contributed by atoms with Gasteiger partial charge in [-0.1, -0.05) is 66.2 Å². The molecule has 3 amide bonds. The Bertz CT molecular complexity index is 1250. The monoisotopic (exact) mass is 497 g/mol. The second kappa shape index (κ2) is 10.6. The fraction of sp³-hybridized carbons (Fsp3) is 0.300. The topological polar surface area (TPSA) is 79.0 Å². The van der Waals surface area contributed by atoms with Crippen LogP contribution in [0.1, 0.15) is 44.7 Å². The lowest BCUT2D eigenvalue weighted by atomic mass is 9.96. The predicted molar refractivity (Wildman–Crippen MR) is 140 cm³/mol. The van der Waals surface area contributed by atoms with Crippen LogP contribution in [0.2, 0.25) is 0 Å². The molecule has 7 heteroatoms. The summed E-state index contributed by atoms with van der Waals surface area (Å²) in [4.78, 5) is 43.6. The highest BCUT2D eigenvalue weighted by Gasteiger charge is 2.54. The number of hydrogen-bond acceptors (Lipinski definition) is 4. The minimum Gasteiger partial charge on any atom is -0.353 e. The van der Waals surface area contributed by atoms with Crippen molar-refractivity contribution in [1.82, 2.24) is 15.1 Å². The largest absolute Gasteiger partial charge is 0.353 e. The zero-order chi connectivity index (χ0) is 25.8. The van der Waals surface area contributed by atoms with Crippen molar-refractivity contribution in [2.75, 3.05) is 19.7 Å². The van der Waals surface area contributed by atoms with E-state index >= 15 is 0 Å². The van der Waals surface area contributed by atoms with Crippen LogP contribution >= 0.6 is 0 Å². The Morgan fingerprint density at radius 3 is 2.08 bits per heavy atom. The van der Waals surface area contributed by atoms with Gasteiger partial charge in [0.15, 0.2) is 0 Å². The fourth-order valence-corrected chi connectivity index (χ4v) is 5.13. The summed E-state index contributed by atoms with van der Waals surface area (Å²) in [6.45, 7) is 3.34. The van der Waals surface area contributed by atoms with Gasteiger partial charge in [-0.3, -0.25) is 19.3 Å². The van der Waals surface area contributed by atoms with E-state index < -0.39 is 11.8 Å². The highest BCUT2D eigenvalue weighted by atomic mass is 16.5. The van der Waals surface area contributed by atoms with Gasteiger partial charge in [-0.2, -0.15) is 0 Å². The number of ether oxygens (including phenoxy) is 1. The summed E-state index contributed by atoms with van der Waals surface area (Å²) in [6.07, 6.45) is 0.872. The normalized spacial score (nSPS) is 18.6. The third-order valence-electron chi connectivity index (χ3n) is 7.24. The molecule has 2 saturated heterocycles. The van der Waals surface area contributed by atoms with Gasteiger partial charge >= 0.3 is 0 Å². The number of aryl methyl sites for hydroxylation is 1. The van der Waals surface area contributed by atoms with Crippen molar-refractivity contribution in [2.45, 2.75) is 38.1 Å². The van der Waals surface area contributed by atoms with Gasteiger partial charge in [-0.25, -0.2) is 0 Å². The maximum absolute atomic E-state index is 13.8. The molecule has 5 rings (SSSR count). The van der Waals surface area contributed by atoms with Crippen molar-refractivity contribution in [2.24, 2.45) is 0 Å². The van der Waals surface area contributed by atoms with Gasteiger partial charge < -0.3 is 15.0 Å². The van der Waals surface area contributed by atoms with Crippen molar-refractivity contribution in [3.8, 4) is 0 Å². The number of nitrogens with one attached hydrogen (secondary N) is 1. The first kappa shape index (κ1) is 24.7. The van der Waals surface area contributed by atoms with Crippen LogP contribution in [0.5, 0.6) is 0 Å². The molecule has 7 nitrogen and oxygen atoms in total. The Labute approximate surface area is 217 Å². The zero-order valence-electron chi connectivity index (χ0n) is 20.9. The number of piperidine rings is 1. The molecule has 0 radical (unpaired) electrons. The number of nitrogens with zero attached hydrogens (tertiary/aromatic N) is 2. The lowest BCUT2D eigenvalue weighted by molar-refractivity contribution is -0.128. The molecule has 1 N–H and O–H groups in total. The summed E-state index contributed by atoms with van der Waals surface area (Å²) < 4.78 is 6.28. The Morgan fingerprint density at radius 1 is 0.838 bits per heavy atom. The van der Waals surface area contributed by atoms with Crippen molar-refractivity contribution >= 4 is 17.7 Å². The van der Waals surface area contributed by atoms with Gasteiger partial charge in [0.2, 0.25) is 5.91 Å². The van der Waals surface area contributed by atoms with E-state index in [-0.39, 0.29) is 24.3 Å². The van der Waals surface area contributed by atoms with E-state index in [1.807, 2.05) is 79.7 Å². The van der Waals surface area contributed by atoms with Crippen molar-refractivity contribution < 1.29 is 19.1 Å². The lowest BCUT2D eigenvalue weighted by Gasteiger charge is -2.44. The maximum Gasteiger partial charge on any atom is 0.256 e. The summed E-state index contributed by atoms with van der Waals surface area (Å²) in [5, 5.41) is 2.97. The van der Waals surface area contributed by atoms with Crippen LogP contribution in [0.15, 0.2) is 84.9 Å². The first-order valence-corrected chi connectivity index (χ1v) is 12.7. The first-order chi connectivity index (χ1) is 18.0. The number of rotatable bonds is 5. The Morgan fingerprint density at radius 2 is 1.43 bits per heavy atom. The molecule has 1 spiro atoms. The van der Waals surface area contributed by atoms with Crippen molar-refractivity contribution in [3.63, 3.8) is 0 Å². The van der Waals surface area contributed by atoms with Gasteiger partial charge in [0.1, 0.15) is 11.8 Å². The molecule has 2 heterocycles. The fourth-order valence-electron chi connectivity index (χ4n) is 5.13. The Kier molecular flexibility index (Phi) is 7.06. The average molecular weight is 498 g/mol. The maximum atomic E-state index is 13.8. The molecule has 0 aliphatic carbocycles. The molecule has 0 saturated carbocycles. The summed E-state index contributed by atoms with van der Waals surface area (Å²) in [5.41, 5.74) is 2.29. The minimum absolute atomic E-state index is 0.0362. The summed E-state index contributed by atoms with van der Waals surface area (Å²) in [5.74, 6) is -0.523. The quantitative estimate of drug-likeness (QED) is 0.582. The SMILES string of the molecule is Cc1ccc(C(=O)N2CCC3(CC2)OCC(C(=O)NCc2ccccc2)N3C(=O)c2ccccc2)cc1. The van der Waals surface area contributed by atoms with Crippen LogP contribution in [0.4, 0.5) is 0 Å². The van der Waals surface area contributed by atoms with E-state index in [0.717, 1.165) is 11.1 Å². The number of carbonyl (C=O) groups excluding carboxylic acids is 3. The molecule has 190 valence electrons.